The molecule has 1 fully saturated rings. The van der Waals surface area contributed by atoms with Crippen LogP contribution in [0.4, 0.5) is 5.69 Å². The molecule has 1 aromatic carbocycles. The molecule has 2 rings (SSSR count). The zero-order valence-electron chi connectivity index (χ0n) is 8.03. The summed E-state index contributed by atoms with van der Waals surface area (Å²) in [5.41, 5.74) is 2.22. The van der Waals surface area contributed by atoms with Gasteiger partial charge in [-0.2, -0.15) is 0 Å². The van der Waals surface area contributed by atoms with Gasteiger partial charge in [0.25, 0.3) is 0 Å². The Balaban J connectivity index is 2.23. The van der Waals surface area contributed by atoms with E-state index < -0.39 is 0 Å². The summed E-state index contributed by atoms with van der Waals surface area (Å²) >= 11 is 3.47. The lowest BCUT2D eigenvalue weighted by atomic mass is 10.2. The first kappa shape index (κ1) is 9.71. The molecule has 0 bridgehead atoms. The molecule has 0 N–H and O–H groups in total. The van der Waals surface area contributed by atoms with Crippen LogP contribution in [0.1, 0.15) is 12.0 Å². The minimum atomic E-state index is 0.204. The fourth-order valence-electron chi connectivity index (χ4n) is 1.64. The average molecular weight is 254 g/mol. The summed E-state index contributed by atoms with van der Waals surface area (Å²) in [5.74, 6) is 0.204. The smallest absolute Gasteiger partial charge is 0.228 e. The number of carbonyl (C=O) groups excluding carboxylic acids is 1. The predicted octanol–water partition coefficient (Wildman–Crippen LogP) is 2.50. The van der Waals surface area contributed by atoms with Gasteiger partial charge in [-0.05, 0) is 19.1 Å². The first-order valence-corrected chi connectivity index (χ1v) is 5.59. The van der Waals surface area contributed by atoms with Gasteiger partial charge in [-0.25, -0.2) is 0 Å². The summed E-state index contributed by atoms with van der Waals surface area (Å²) in [7, 11) is 0. The van der Waals surface area contributed by atoms with Gasteiger partial charge in [-0.15, -0.1) is 0 Å². The van der Waals surface area contributed by atoms with E-state index in [0.717, 1.165) is 12.2 Å². The van der Waals surface area contributed by atoms with Gasteiger partial charge in [-0.3, -0.25) is 4.79 Å². The molecule has 2 nitrogen and oxygen atoms in total. The maximum atomic E-state index is 11.6. The quantitative estimate of drug-likeness (QED) is 0.705. The molecule has 14 heavy (non-hydrogen) atoms. The molecule has 1 unspecified atom stereocenters. The number of benzene rings is 1. The molecule has 1 aromatic rings. The molecule has 0 spiro atoms. The van der Waals surface area contributed by atoms with Crippen molar-refractivity contribution in [2.24, 2.45) is 0 Å². The zero-order valence-corrected chi connectivity index (χ0v) is 9.62. The first-order chi connectivity index (χ1) is 6.66. The summed E-state index contributed by atoms with van der Waals surface area (Å²) in [4.78, 5) is 13.7. The fourth-order valence-corrected chi connectivity index (χ4v) is 2.20. The number of anilines is 1. The number of alkyl halides is 1. The molecule has 0 aromatic heterocycles. The highest BCUT2D eigenvalue weighted by Gasteiger charge is 2.28. The molecule has 0 saturated carbocycles. The van der Waals surface area contributed by atoms with Crippen molar-refractivity contribution in [3.63, 3.8) is 0 Å². The number of aryl methyl sites for hydroxylation is 1. The third-order valence-electron chi connectivity index (χ3n) is 2.42. The Bertz CT molecular complexity index is 347. The molecule has 3 heteroatoms. The monoisotopic (exact) mass is 253 g/mol. The van der Waals surface area contributed by atoms with Crippen molar-refractivity contribution in [3.05, 3.63) is 29.8 Å². The second-order valence-corrected chi connectivity index (χ2v) is 4.94. The zero-order chi connectivity index (χ0) is 10.1. The Morgan fingerprint density at radius 3 is 2.50 bits per heavy atom. The SMILES string of the molecule is Cc1ccc(N2CC(Br)CC2=O)cc1. The van der Waals surface area contributed by atoms with Crippen LogP contribution in [-0.2, 0) is 4.79 Å². The maximum absolute atomic E-state index is 11.6. The Labute approximate surface area is 92.0 Å². The number of hydrogen-bond donors (Lipinski definition) is 0. The molecule has 1 amide bonds. The number of rotatable bonds is 1. The highest BCUT2D eigenvalue weighted by molar-refractivity contribution is 9.09. The molecular weight excluding hydrogens is 242 g/mol. The van der Waals surface area contributed by atoms with E-state index in [0.29, 0.717) is 11.2 Å². The van der Waals surface area contributed by atoms with Crippen LogP contribution in [0, 0.1) is 6.92 Å². The molecule has 1 atom stereocenters. The standard InChI is InChI=1S/C11H12BrNO/c1-8-2-4-10(5-3-8)13-7-9(12)6-11(13)14/h2-5,9H,6-7H2,1H3. The number of amides is 1. The van der Waals surface area contributed by atoms with Crippen molar-refractivity contribution in [1.82, 2.24) is 0 Å². The molecule has 0 aliphatic carbocycles. The number of carbonyl (C=O) groups is 1. The third kappa shape index (κ3) is 1.82. The Hall–Kier alpha value is -0.830. The van der Waals surface area contributed by atoms with Crippen LogP contribution < -0.4 is 4.90 Å². The third-order valence-corrected chi connectivity index (χ3v) is 3.04. The maximum Gasteiger partial charge on any atom is 0.228 e. The van der Waals surface area contributed by atoms with Gasteiger partial charge in [0.05, 0.1) is 0 Å². The van der Waals surface area contributed by atoms with Gasteiger partial charge in [0.15, 0.2) is 0 Å². The van der Waals surface area contributed by atoms with Gasteiger partial charge >= 0.3 is 0 Å². The largest absolute Gasteiger partial charge is 0.311 e. The van der Waals surface area contributed by atoms with Crippen LogP contribution in [0.2, 0.25) is 0 Å². The Morgan fingerprint density at radius 2 is 2.00 bits per heavy atom. The van der Waals surface area contributed by atoms with E-state index in [9.17, 15) is 4.79 Å². The van der Waals surface area contributed by atoms with E-state index in [1.54, 1.807) is 0 Å². The lowest BCUT2D eigenvalue weighted by molar-refractivity contribution is -0.117. The van der Waals surface area contributed by atoms with Crippen LogP contribution in [0.3, 0.4) is 0 Å². The molecule has 1 aliphatic rings. The van der Waals surface area contributed by atoms with Crippen LogP contribution in [-0.4, -0.2) is 17.3 Å². The topological polar surface area (TPSA) is 20.3 Å². The van der Waals surface area contributed by atoms with Crippen molar-refractivity contribution < 1.29 is 4.79 Å². The summed E-state index contributed by atoms with van der Waals surface area (Å²) in [6.07, 6.45) is 0.605. The summed E-state index contributed by atoms with van der Waals surface area (Å²) in [6.45, 7) is 2.82. The highest BCUT2D eigenvalue weighted by atomic mass is 79.9. The van der Waals surface area contributed by atoms with Gasteiger partial charge in [0.1, 0.15) is 0 Å². The van der Waals surface area contributed by atoms with Crippen LogP contribution in [0.15, 0.2) is 24.3 Å². The summed E-state index contributed by atoms with van der Waals surface area (Å²) < 4.78 is 0. The van der Waals surface area contributed by atoms with E-state index in [2.05, 4.69) is 15.9 Å². The molecule has 0 radical (unpaired) electrons. The summed E-state index contributed by atoms with van der Waals surface area (Å²) in [5, 5.41) is 0. The van der Waals surface area contributed by atoms with E-state index in [-0.39, 0.29) is 5.91 Å². The van der Waals surface area contributed by atoms with Gasteiger partial charge in [0, 0.05) is 23.5 Å². The van der Waals surface area contributed by atoms with E-state index in [4.69, 9.17) is 0 Å². The minimum absolute atomic E-state index is 0.204. The minimum Gasteiger partial charge on any atom is -0.311 e. The van der Waals surface area contributed by atoms with Crippen molar-refractivity contribution in [2.75, 3.05) is 11.4 Å². The van der Waals surface area contributed by atoms with E-state index in [1.807, 2.05) is 36.1 Å². The predicted molar refractivity (Wildman–Crippen MR) is 60.9 cm³/mol. The van der Waals surface area contributed by atoms with E-state index >= 15 is 0 Å². The number of halogens is 1. The molecule has 1 aliphatic heterocycles. The molecular formula is C11H12BrNO. The number of hydrogen-bond acceptors (Lipinski definition) is 1. The second kappa shape index (κ2) is 3.73. The lowest BCUT2D eigenvalue weighted by Crippen LogP contribution is -2.24. The van der Waals surface area contributed by atoms with E-state index in [1.165, 1.54) is 5.56 Å². The Morgan fingerprint density at radius 1 is 1.36 bits per heavy atom. The van der Waals surface area contributed by atoms with Crippen molar-refractivity contribution in [3.8, 4) is 0 Å². The average Bonchev–Trinajstić information content (AvgIpc) is 2.47. The van der Waals surface area contributed by atoms with Crippen LogP contribution >= 0.6 is 15.9 Å². The molecule has 1 saturated heterocycles. The highest BCUT2D eigenvalue weighted by Crippen LogP contribution is 2.25. The van der Waals surface area contributed by atoms with Crippen molar-refractivity contribution in [2.45, 2.75) is 18.2 Å². The lowest BCUT2D eigenvalue weighted by Gasteiger charge is -2.15. The molecule has 1 heterocycles. The Kier molecular flexibility index (Phi) is 2.59. The fraction of sp³-hybridized carbons (Fsp3) is 0.364. The molecule has 74 valence electrons. The summed E-state index contributed by atoms with van der Waals surface area (Å²) in [6, 6.07) is 8.06. The van der Waals surface area contributed by atoms with Crippen LogP contribution in [0.25, 0.3) is 0 Å². The van der Waals surface area contributed by atoms with Crippen molar-refractivity contribution in [1.29, 1.82) is 0 Å². The number of nitrogens with zero attached hydrogens (tertiary/aromatic N) is 1. The first-order valence-electron chi connectivity index (χ1n) is 4.68. The normalized spacial score (nSPS) is 21.7. The van der Waals surface area contributed by atoms with Gasteiger partial charge in [0.2, 0.25) is 5.91 Å². The second-order valence-electron chi connectivity index (χ2n) is 3.64. The van der Waals surface area contributed by atoms with Gasteiger partial charge in [-0.1, -0.05) is 33.6 Å². The van der Waals surface area contributed by atoms with Crippen molar-refractivity contribution >= 4 is 27.5 Å². The van der Waals surface area contributed by atoms with Crippen LogP contribution in [0.5, 0.6) is 0 Å². The van der Waals surface area contributed by atoms with Gasteiger partial charge < -0.3 is 4.90 Å².